The second kappa shape index (κ2) is 9.11. The number of benzene rings is 2. The van der Waals surface area contributed by atoms with Gasteiger partial charge in [0.1, 0.15) is 9.88 Å². The largest absolute Gasteiger partial charge is 0.338 e. The van der Waals surface area contributed by atoms with Gasteiger partial charge in [-0.25, -0.2) is 4.98 Å². The first-order valence-electron chi connectivity index (χ1n) is 9.55. The molecule has 0 bridgehead atoms. The van der Waals surface area contributed by atoms with Crippen LogP contribution in [-0.2, 0) is 0 Å². The zero-order valence-corrected chi connectivity index (χ0v) is 17.1. The molecule has 0 aliphatic heterocycles. The van der Waals surface area contributed by atoms with E-state index in [1.54, 1.807) is 6.20 Å². The van der Waals surface area contributed by atoms with E-state index in [9.17, 15) is 4.79 Å². The molecule has 2 aromatic carbocycles. The van der Waals surface area contributed by atoms with Gasteiger partial charge < -0.3 is 9.80 Å². The molecule has 0 aliphatic rings. The van der Waals surface area contributed by atoms with E-state index >= 15 is 0 Å². The molecule has 0 atom stereocenters. The summed E-state index contributed by atoms with van der Waals surface area (Å²) in [5, 5.41) is 3.26. The second-order valence-corrected chi connectivity index (χ2v) is 7.72. The third-order valence-corrected chi connectivity index (χ3v) is 5.93. The Kier molecular flexibility index (Phi) is 6.58. The minimum atomic E-state index is 0.0839. The first-order chi connectivity index (χ1) is 13.1. The first kappa shape index (κ1) is 19.5. The van der Waals surface area contributed by atoms with Gasteiger partial charge >= 0.3 is 0 Å². The lowest BCUT2D eigenvalue weighted by Gasteiger charge is -2.21. The van der Waals surface area contributed by atoms with Crippen molar-refractivity contribution >= 4 is 28.0 Å². The smallest absolute Gasteiger partial charge is 0.265 e. The van der Waals surface area contributed by atoms with Crippen LogP contribution < -0.4 is 0 Å². The number of nitrogens with zero attached hydrogens (tertiary/aromatic N) is 3. The monoisotopic (exact) mass is 381 g/mol. The lowest BCUT2D eigenvalue weighted by Crippen LogP contribution is -2.33. The Labute approximate surface area is 165 Å². The molecule has 27 heavy (non-hydrogen) atoms. The Bertz CT molecular complexity index is 900. The minimum Gasteiger partial charge on any atom is -0.338 e. The van der Waals surface area contributed by atoms with E-state index in [4.69, 9.17) is 0 Å². The van der Waals surface area contributed by atoms with Gasteiger partial charge in [0.2, 0.25) is 0 Å². The van der Waals surface area contributed by atoms with Gasteiger partial charge in [-0.05, 0) is 44.3 Å². The number of amides is 1. The number of thiazole rings is 1. The Morgan fingerprint density at radius 2 is 1.81 bits per heavy atom. The van der Waals surface area contributed by atoms with Gasteiger partial charge in [0.15, 0.2) is 0 Å². The van der Waals surface area contributed by atoms with E-state index in [1.807, 2.05) is 30.0 Å². The molecule has 0 saturated heterocycles. The molecule has 0 radical (unpaired) electrons. The molecule has 0 N–H and O–H groups in total. The van der Waals surface area contributed by atoms with E-state index in [2.05, 4.69) is 48.1 Å². The van der Waals surface area contributed by atoms with Gasteiger partial charge in [0.25, 0.3) is 5.91 Å². The Hall–Kier alpha value is -2.24. The molecule has 4 nitrogen and oxygen atoms in total. The van der Waals surface area contributed by atoms with Crippen molar-refractivity contribution in [1.29, 1.82) is 0 Å². The summed E-state index contributed by atoms with van der Waals surface area (Å²) in [6.07, 6.45) is 2.71. The summed E-state index contributed by atoms with van der Waals surface area (Å²) in [4.78, 5) is 22.4. The van der Waals surface area contributed by atoms with Crippen molar-refractivity contribution in [2.75, 3.05) is 33.2 Å². The highest BCUT2D eigenvalue weighted by molar-refractivity contribution is 7.17. The predicted molar refractivity (Wildman–Crippen MR) is 114 cm³/mol. The maximum absolute atomic E-state index is 12.9. The van der Waals surface area contributed by atoms with Crippen molar-refractivity contribution < 1.29 is 4.79 Å². The molecule has 1 heterocycles. The summed E-state index contributed by atoms with van der Waals surface area (Å²) in [7, 11) is 2.11. The van der Waals surface area contributed by atoms with E-state index < -0.39 is 0 Å². The van der Waals surface area contributed by atoms with E-state index in [0.717, 1.165) is 43.2 Å². The van der Waals surface area contributed by atoms with E-state index in [1.165, 1.54) is 22.1 Å². The summed E-state index contributed by atoms with van der Waals surface area (Å²) in [6.45, 7) is 7.72. The average Bonchev–Trinajstić information content (AvgIpc) is 3.20. The third kappa shape index (κ3) is 4.54. The van der Waals surface area contributed by atoms with Crippen molar-refractivity contribution in [2.24, 2.45) is 0 Å². The van der Waals surface area contributed by atoms with Crippen LogP contribution in [0.2, 0.25) is 0 Å². The van der Waals surface area contributed by atoms with Crippen LogP contribution in [0, 0.1) is 0 Å². The third-order valence-electron chi connectivity index (χ3n) is 4.91. The lowest BCUT2D eigenvalue weighted by molar-refractivity contribution is 0.0763. The van der Waals surface area contributed by atoms with Gasteiger partial charge in [-0.3, -0.25) is 4.79 Å². The van der Waals surface area contributed by atoms with Crippen molar-refractivity contribution in [3.63, 3.8) is 0 Å². The number of rotatable bonds is 8. The number of carbonyl (C=O) groups is 1. The zero-order valence-electron chi connectivity index (χ0n) is 16.3. The Morgan fingerprint density at radius 3 is 2.59 bits per heavy atom. The normalized spacial score (nSPS) is 11.3. The predicted octanol–water partition coefficient (Wildman–Crippen LogP) is 4.77. The van der Waals surface area contributed by atoms with Gasteiger partial charge in [0.05, 0.1) is 6.20 Å². The number of carbonyl (C=O) groups excluding carboxylic acids is 1. The SMILES string of the molecule is CCN(C)CCCN(CC)C(=O)c1cnc(-c2cccc3ccccc23)s1. The zero-order chi connectivity index (χ0) is 19.2. The number of fused-ring (bicyclic) bond motifs is 1. The van der Waals surface area contributed by atoms with E-state index in [0.29, 0.717) is 4.88 Å². The van der Waals surface area contributed by atoms with Crippen LogP contribution in [0.25, 0.3) is 21.3 Å². The molecule has 3 rings (SSSR count). The highest BCUT2D eigenvalue weighted by Gasteiger charge is 2.18. The molecule has 1 aromatic heterocycles. The minimum absolute atomic E-state index is 0.0839. The van der Waals surface area contributed by atoms with Crippen LogP contribution >= 0.6 is 11.3 Å². The molecular formula is C22H27N3OS. The Morgan fingerprint density at radius 1 is 1.04 bits per heavy atom. The van der Waals surface area contributed by atoms with Crippen LogP contribution in [0.1, 0.15) is 29.9 Å². The van der Waals surface area contributed by atoms with Crippen LogP contribution in [0.3, 0.4) is 0 Å². The molecule has 3 aromatic rings. The summed E-state index contributed by atoms with van der Waals surface area (Å²) in [5.41, 5.74) is 1.09. The number of hydrogen-bond acceptors (Lipinski definition) is 4. The maximum atomic E-state index is 12.9. The van der Waals surface area contributed by atoms with Gasteiger partial charge in [-0.15, -0.1) is 11.3 Å². The standard InChI is InChI=1S/C22H27N3OS/c1-4-24(3)14-9-15-25(5-2)22(26)20-16-23-21(27-20)19-13-8-11-17-10-6-7-12-18(17)19/h6-8,10-13,16H,4-5,9,14-15H2,1-3H3. The fourth-order valence-corrected chi connectivity index (χ4v) is 4.08. The maximum Gasteiger partial charge on any atom is 0.265 e. The number of hydrogen-bond donors (Lipinski definition) is 0. The van der Waals surface area contributed by atoms with E-state index in [-0.39, 0.29) is 5.91 Å². The molecule has 0 spiro atoms. The second-order valence-electron chi connectivity index (χ2n) is 6.69. The average molecular weight is 382 g/mol. The van der Waals surface area contributed by atoms with Crippen molar-refractivity contribution in [2.45, 2.75) is 20.3 Å². The summed E-state index contributed by atoms with van der Waals surface area (Å²) in [6, 6.07) is 14.5. The first-order valence-corrected chi connectivity index (χ1v) is 10.4. The highest BCUT2D eigenvalue weighted by atomic mass is 32.1. The molecule has 0 saturated carbocycles. The molecule has 0 aliphatic carbocycles. The molecule has 1 amide bonds. The molecule has 5 heteroatoms. The molecular weight excluding hydrogens is 354 g/mol. The van der Waals surface area contributed by atoms with Crippen molar-refractivity contribution in [1.82, 2.24) is 14.8 Å². The van der Waals surface area contributed by atoms with Gasteiger partial charge in [-0.2, -0.15) is 0 Å². The van der Waals surface area contributed by atoms with Crippen molar-refractivity contribution in [3.8, 4) is 10.6 Å². The highest BCUT2D eigenvalue weighted by Crippen LogP contribution is 2.32. The van der Waals surface area contributed by atoms with Crippen molar-refractivity contribution in [3.05, 3.63) is 53.5 Å². The molecule has 0 fully saturated rings. The molecule has 142 valence electrons. The fourth-order valence-electron chi connectivity index (χ4n) is 3.16. The number of aromatic nitrogens is 1. The van der Waals surface area contributed by atoms with Crippen LogP contribution in [0.4, 0.5) is 0 Å². The summed E-state index contributed by atoms with van der Waals surface area (Å²) >= 11 is 1.48. The summed E-state index contributed by atoms with van der Waals surface area (Å²) in [5.74, 6) is 0.0839. The Balaban J connectivity index is 1.77. The van der Waals surface area contributed by atoms with Gasteiger partial charge in [-0.1, -0.05) is 49.4 Å². The van der Waals surface area contributed by atoms with Gasteiger partial charge in [0, 0.05) is 18.7 Å². The molecule has 0 unspecified atom stereocenters. The van der Waals surface area contributed by atoms with Crippen LogP contribution in [0.5, 0.6) is 0 Å². The lowest BCUT2D eigenvalue weighted by atomic mass is 10.1. The summed E-state index contributed by atoms with van der Waals surface area (Å²) < 4.78 is 0. The van der Waals surface area contributed by atoms with Crippen LogP contribution in [0.15, 0.2) is 48.7 Å². The van der Waals surface area contributed by atoms with Crippen LogP contribution in [-0.4, -0.2) is 53.9 Å². The quantitative estimate of drug-likeness (QED) is 0.564. The topological polar surface area (TPSA) is 36.4 Å². The fraction of sp³-hybridized carbons (Fsp3) is 0.364.